The van der Waals surface area contributed by atoms with Crippen LogP contribution in [0.3, 0.4) is 0 Å². The molecule has 1 aromatic rings. The van der Waals surface area contributed by atoms with Crippen molar-refractivity contribution in [1.29, 1.82) is 5.26 Å². The minimum absolute atomic E-state index is 0.0293. The lowest BCUT2D eigenvalue weighted by atomic mass is 9.81. The van der Waals surface area contributed by atoms with Gasteiger partial charge in [0.1, 0.15) is 11.8 Å². The van der Waals surface area contributed by atoms with Crippen molar-refractivity contribution >= 4 is 23.6 Å². The number of nitrogens with zero attached hydrogens (tertiary/aromatic N) is 4. The van der Waals surface area contributed by atoms with Gasteiger partial charge in [-0.05, 0) is 83.6 Å². The molecule has 5 unspecified atom stereocenters. The first kappa shape index (κ1) is 30.6. The van der Waals surface area contributed by atoms with Crippen LogP contribution in [-0.2, 0) is 14.3 Å². The molecular formula is C32H45N7O5. The SMILES string of the molecule is Cc1cc(NC2NN(C3(CC#N)CCN(C(=O)OC(C)(C)C)CC3)C3CCNC(=O)C23)ccc1C(=O)N1C2CCC1COC2. The Bertz CT molecular complexity index is 1310. The summed E-state index contributed by atoms with van der Waals surface area (Å²) in [6.07, 6.45) is 3.42. The van der Waals surface area contributed by atoms with Gasteiger partial charge in [-0.2, -0.15) is 5.26 Å². The van der Waals surface area contributed by atoms with Crippen LogP contribution in [0.2, 0.25) is 0 Å². The second-order valence-electron chi connectivity index (χ2n) is 14.0. The van der Waals surface area contributed by atoms with Crippen molar-refractivity contribution < 1.29 is 23.9 Å². The lowest BCUT2D eigenvalue weighted by Crippen LogP contribution is -2.62. The summed E-state index contributed by atoms with van der Waals surface area (Å²) in [5, 5.41) is 18.6. The maximum absolute atomic E-state index is 13.5. The van der Waals surface area contributed by atoms with Crippen LogP contribution in [-0.4, -0.2) is 101 Å². The molecule has 0 radical (unpaired) electrons. The summed E-state index contributed by atoms with van der Waals surface area (Å²) in [7, 11) is 0. The summed E-state index contributed by atoms with van der Waals surface area (Å²) < 4.78 is 11.3. The molecule has 0 spiro atoms. The standard InChI is InChI=1S/C32H45N7O5/c1-20-17-21(5-8-24(20)29(41)38-22-6-7-23(38)19-43-18-22)35-27-26-25(9-14-34-28(26)40)39(36-27)32(10-13-33)11-15-37(16-12-32)30(42)44-31(2,3)4/h5,8,17,22-23,25-27,35-36H,6-7,9-12,14-16,18-19H2,1-4H3,(H,34,40). The maximum Gasteiger partial charge on any atom is 0.410 e. The van der Waals surface area contributed by atoms with Crippen molar-refractivity contribution in [3.8, 4) is 6.07 Å². The molecule has 238 valence electrons. The first-order valence-corrected chi connectivity index (χ1v) is 16.0. The van der Waals surface area contributed by atoms with Gasteiger partial charge in [0.2, 0.25) is 5.91 Å². The number of hydrogen-bond acceptors (Lipinski definition) is 9. The van der Waals surface area contributed by atoms with E-state index in [9.17, 15) is 19.6 Å². The lowest BCUT2D eigenvalue weighted by molar-refractivity contribution is -0.128. The third-order valence-electron chi connectivity index (χ3n) is 9.94. The first-order chi connectivity index (χ1) is 21.0. The van der Waals surface area contributed by atoms with E-state index in [-0.39, 0.29) is 48.4 Å². The zero-order chi connectivity index (χ0) is 31.2. The summed E-state index contributed by atoms with van der Waals surface area (Å²) in [5.41, 5.74) is 4.87. The zero-order valence-corrected chi connectivity index (χ0v) is 26.2. The smallest absolute Gasteiger partial charge is 0.410 e. The fourth-order valence-corrected chi connectivity index (χ4v) is 7.77. The van der Waals surface area contributed by atoms with Gasteiger partial charge in [-0.1, -0.05) is 0 Å². The molecule has 3 N–H and O–H groups in total. The summed E-state index contributed by atoms with van der Waals surface area (Å²) in [6, 6.07) is 8.33. The molecule has 5 aliphatic heterocycles. The number of nitriles is 1. The highest BCUT2D eigenvalue weighted by Gasteiger charge is 2.55. The highest BCUT2D eigenvalue weighted by atomic mass is 16.6. The van der Waals surface area contributed by atoms with Crippen LogP contribution in [0.4, 0.5) is 10.5 Å². The van der Waals surface area contributed by atoms with Crippen molar-refractivity contribution in [2.75, 3.05) is 38.2 Å². The Labute approximate surface area is 259 Å². The Morgan fingerprint density at radius 1 is 1.16 bits per heavy atom. The number of fused-ring (bicyclic) bond motifs is 3. The average Bonchev–Trinajstić information content (AvgIpc) is 3.46. The zero-order valence-electron chi connectivity index (χ0n) is 26.2. The molecule has 5 atom stereocenters. The third-order valence-corrected chi connectivity index (χ3v) is 9.94. The molecule has 1 aromatic carbocycles. The molecule has 6 rings (SSSR count). The number of anilines is 1. The van der Waals surface area contributed by atoms with Gasteiger partial charge in [-0.3, -0.25) is 9.59 Å². The van der Waals surface area contributed by atoms with Crippen molar-refractivity contribution in [3.05, 3.63) is 29.3 Å². The van der Waals surface area contributed by atoms with Crippen LogP contribution in [0.15, 0.2) is 18.2 Å². The van der Waals surface area contributed by atoms with Crippen molar-refractivity contribution in [1.82, 2.24) is 25.6 Å². The van der Waals surface area contributed by atoms with E-state index >= 15 is 0 Å². The number of carbonyl (C=O) groups is 3. The molecule has 5 fully saturated rings. The minimum atomic E-state index is -0.581. The summed E-state index contributed by atoms with van der Waals surface area (Å²) >= 11 is 0. The van der Waals surface area contributed by atoms with Gasteiger partial charge in [0, 0.05) is 36.9 Å². The van der Waals surface area contributed by atoms with E-state index in [1.807, 2.05) is 50.8 Å². The molecular weight excluding hydrogens is 562 g/mol. The Morgan fingerprint density at radius 3 is 2.50 bits per heavy atom. The van der Waals surface area contributed by atoms with Gasteiger partial charge < -0.3 is 29.9 Å². The number of rotatable bonds is 5. The van der Waals surface area contributed by atoms with Crippen molar-refractivity contribution in [2.24, 2.45) is 5.92 Å². The Kier molecular flexibility index (Phi) is 8.24. The number of morpholine rings is 1. The number of carbonyl (C=O) groups excluding carboxylic acids is 3. The minimum Gasteiger partial charge on any atom is -0.444 e. The largest absolute Gasteiger partial charge is 0.444 e. The Hall–Kier alpha value is -3.40. The first-order valence-electron chi connectivity index (χ1n) is 16.0. The molecule has 2 bridgehead atoms. The number of benzene rings is 1. The van der Waals surface area contributed by atoms with Crippen LogP contribution in [0, 0.1) is 24.2 Å². The van der Waals surface area contributed by atoms with E-state index in [1.54, 1.807) is 4.90 Å². The van der Waals surface area contributed by atoms with Crippen LogP contribution < -0.4 is 16.1 Å². The van der Waals surface area contributed by atoms with E-state index in [4.69, 9.17) is 9.47 Å². The van der Waals surface area contributed by atoms with Gasteiger partial charge in [0.25, 0.3) is 5.91 Å². The third kappa shape index (κ3) is 5.73. The number of hydrogen-bond donors (Lipinski definition) is 3. The molecule has 0 saturated carbocycles. The fraction of sp³-hybridized carbons (Fsp3) is 0.688. The number of nitrogens with one attached hydrogen (secondary N) is 3. The van der Waals surface area contributed by atoms with E-state index in [2.05, 4.69) is 27.1 Å². The fourth-order valence-electron chi connectivity index (χ4n) is 7.77. The summed E-state index contributed by atoms with van der Waals surface area (Å²) in [5.74, 6) is -0.356. The van der Waals surface area contributed by atoms with Gasteiger partial charge in [-0.25, -0.2) is 15.2 Å². The highest BCUT2D eigenvalue weighted by molar-refractivity contribution is 5.96. The molecule has 5 heterocycles. The quantitative estimate of drug-likeness (QED) is 0.461. The predicted molar refractivity (Wildman–Crippen MR) is 162 cm³/mol. The van der Waals surface area contributed by atoms with E-state index in [0.29, 0.717) is 51.3 Å². The van der Waals surface area contributed by atoms with E-state index in [0.717, 1.165) is 30.5 Å². The molecule has 0 aliphatic carbocycles. The predicted octanol–water partition coefficient (Wildman–Crippen LogP) is 2.74. The number of piperidine rings is 2. The Balaban J connectivity index is 1.19. The van der Waals surface area contributed by atoms with Gasteiger partial charge in [0.15, 0.2) is 0 Å². The number of likely N-dealkylation sites (tertiary alicyclic amines) is 1. The molecule has 0 aromatic heterocycles. The average molecular weight is 608 g/mol. The molecule has 12 heteroatoms. The van der Waals surface area contributed by atoms with E-state index < -0.39 is 17.3 Å². The van der Waals surface area contributed by atoms with Crippen molar-refractivity contribution in [2.45, 2.75) is 102 Å². The normalized spacial score (nSPS) is 29.9. The second-order valence-corrected chi connectivity index (χ2v) is 14.0. The topological polar surface area (TPSA) is 139 Å². The molecule has 5 aliphatic rings. The number of hydrazine groups is 1. The molecule has 44 heavy (non-hydrogen) atoms. The molecule has 3 amide bonds. The van der Waals surface area contributed by atoms with Gasteiger partial charge in [0.05, 0.1) is 49.2 Å². The van der Waals surface area contributed by atoms with Crippen LogP contribution in [0.1, 0.15) is 75.2 Å². The highest BCUT2D eigenvalue weighted by Crippen LogP contribution is 2.41. The lowest BCUT2D eigenvalue weighted by Gasteiger charge is -2.48. The van der Waals surface area contributed by atoms with Crippen LogP contribution >= 0.6 is 0 Å². The Morgan fingerprint density at radius 2 is 1.86 bits per heavy atom. The van der Waals surface area contributed by atoms with Crippen molar-refractivity contribution in [3.63, 3.8) is 0 Å². The number of amides is 3. The van der Waals surface area contributed by atoms with Crippen LogP contribution in [0.5, 0.6) is 0 Å². The molecule has 12 nitrogen and oxygen atoms in total. The van der Waals surface area contributed by atoms with E-state index in [1.165, 1.54) is 0 Å². The molecule has 5 saturated heterocycles. The second kappa shape index (κ2) is 11.8. The van der Waals surface area contributed by atoms with Gasteiger partial charge >= 0.3 is 6.09 Å². The van der Waals surface area contributed by atoms with Crippen LogP contribution in [0.25, 0.3) is 0 Å². The number of ether oxygens (including phenoxy) is 2. The maximum atomic E-state index is 13.5. The monoisotopic (exact) mass is 607 g/mol. The number of aryl methyl sites for hydroxylation is 1. The summed E-state index contributed by atoms with van der Waals surface area (Å²) in [4.78, 5) is 43.3. The summed E-state index contributed by atoms with van der Waals surface area (Å²) in [6.45, 7) is 10.2. The van der Waals surface area contributed by atoms with Gasteiger partial charge in [-0.15, -0.1) is 0 Å².